The minimum atomic E-state index is -0.139. The van der Waals surface area contributed by atoms with Crippen LogP contribution in [0.15, 0.2) is 72.8 Å². The minimum absolute atomic E-state index is 0.0767. The zero-order valence-corrected chi connectivity index (χ0v) is 17.6. The van der Waals surface area contributed by atoms with Gasteiger partial charge < -0.3 is 15.5 Å². The minimum Gasteiger partial charge on any atom is -0.376 e. The first-order valence-corrected chi connectivity index (χ1v) is 10.1. The summed E-state index contributed by atoms with van der Waals surface area (Å²) in [5.41, 5.74) is 5.07. The second-order valence-corrected chi connectivity index (χ2v) is 7.19. The molecule has 0 bridgehead atoms. The van der Waals surface area contributed by atoms with Gasteiger partial charge in [0.05, 0.1) is 6.54 Å². The Morgan fingerprint density at radius 3 is 2.40 bits per heavy atom. The fourth-order valence-corrected chi connectivity index (χ4v) is 3.22. The van der Waals surface area contributed by atoms with E-state index in [-0.39, 0.29) is 18.4 Å². The maximum absolute atomic E-state index is 13.0. The fraction of sp³-hybridized carbons (Fsp3) is 0.200. The van der Waals surface area contributed by atoms with Gasteiger partial charge in [0.25, 0.3) is 5.91 Å². The molecule has 0 aliphatic heterocycles. The van der Waals surface area contributed by atoms with Crippen molar-refractivity contribution in [3.63, 3.8) is 0 Å². The van der Waals surface area contributed by atoms with Crippen LogP contribution in [-0.2, 0) is 4.79 Å². The molecule has 5 nitrogen and oxygen atoms in total. The first kappa shape index (κ1) is 21.1. The fourth-order valence-electron chi connectivity index (χ4n) is 3.22. The summed E-state index contributed by atoms with van der Waals surface area (Å²) in [5.74, 6) is -0.216. The van der Waals surface area contributed by atoms with Gasteiger partial charge in [-0.3, -0.25) is 9.59 Å². The summed E-state index contributed by atoms with van der Waals surface area (Å²) in [6.07, 6.45) is 0. The summed E-state index contributed by atoms with van der Waals surface area (Å²) >= 11 is 0. The Morgan fingerprint density at radius 1 is 0.900 bits per heavy atom. The van der Waals surface area contributed by atoms with E-state index in [9.17, 15) is 9.59 Å². The highest BCUT2D eigenvalue weighted by Crippen LogP contribution is 2.19. The predicted octanol–water partition coefficient (Wildman–Crippen LogP) is 5.02. The van der Waals surface area contributed by atoms with Gasteiger partial charge in [-0.05, 0) is 68.3 Å². The largest absolute Gasteiger partial charge is 0.376 e. The number of anilines is 3. The maximum Gasteiger partial charge on any atom is 0.258 e. The lowest BCUT2D eigenvalue weighted by atomic mass is 10.1. The van der Waals surface area contributed by atoms with Crippen molar-refractivity contribution in [3.05, 3.63) is 89.5 Å². The van der Waals surface area contributed by atoms with Crippen molar-refractivity contribution in [1.82, 2.24) is 0 Å². The van der Waals surface area contributed by atoms with E-state index in [0.29, 0.717) is 12.1 Å². The van der Waals surface area contributed by atoms with Crippen LogP contribution in [0.3, 0.4) is 0 Å². The van der Waals surface area contributed by atoms with Crippen LogP contribution >= 0.6 is 0 Å². The van der Waals surface area contributed by atoms with Crippen molar-refractivity contribution < 1.29 is 9.59 Å². The van der Waals surface area contributed by atoms with Crippen molar-refractivity contribution in [1.29, 1.82) is 0 Å². The van der Waals surface area contributed by atoms with Crippen molar-refractivity contribution in [3.8, 4) is 0 Å². The quantitative estimate of drug-likeness (QED) is 0.584. The number of carbonyl (C=O) groups excluding carboxylic acids is 2. The van der Waals surface area contributed by atoms with Gasteiger partial charge in [0.15, 0.2) is 0 Å². The van der Waals surface area contributed by atoms with Gasteiger partial charge in [-0.2, -0.15) is 0 Å². The van der Waals surface area contributed by atoms with Crippen LogP contribution in [0.2, 0.25) is 0 Å². The SMILES string of the molecule is CCN(C(=O)c1cccc(NCC(=O)Nc2cc(C)ccc2C)c1)c1ccccc1. The molecular formula is C25H27N3O2. The van der Waals surface area contributed by atoms with Crippen LogP contribution in [0.1, 0.15) is 28.4 Å². The Kier molecular flexibility index (Phi) is 6.86. The molecule has 0 aromatic heterocycles. The van der Waals surface area contributed by atoms with Crippen molar-refractivity contribution in [2.24, 2.45) is 0 Å². The molecule has 0 saturated carbocycles. The summed E-state index contributed by atoms with van der Waals surface area (Å²) in [7, 11) is 0. The Morgan fingerprint density at radius 2 is 1.67 bits per heavy atom. The first-order chi connectivity index (χ1) is 14.5. The normalized spacial score (nSPS) is 10.4. The van der Waals surface area contributed by atoms with Crippen LogP contribution in [-0.4, -0.2) is 24.9 Å². The molecule has 2 amide bonds. The molecule has 5 heteroatoms. The molecule has 154 valence electrons. The number of amides is 2. The number of hydrogen-bond acceptors (Lipinski definition) is 3. The van der Waals surface area contributed by atoms with E-state index in [4.69, 9.17) is 0 Å². The van der Waals surface area contributed by atoms with Gasteiger partial charge in [-0.15, -0.1) is 0 Å². The molecule has 0 aliphatic rings. The molecule has 0 aliphatic carbocycles. The van der Waals surface area contributed by atoms with Gasteiger partial charge in [0.1, 0.15) is 0 Å². The Hall–Kier alpha value is -3.60. The average Bonchev–Trinajstić information content (AvgIpc) is 2.76. The number of benzene rings is 3. The molecule has 0 atom stereocenters. The van der Waals surface area contributed by atoms with Gasteiger partial charge >= 0.3 is 0 Å². The Labute approximate surface area is 177 Å². The van der Waals surface area contributed by atoms with Gasteiger partial charge in [0, 0.05) is 29.2 Å². The summed E-state index contributed by atoms with van der Waals surface area (Å²) in [6.45, 7) is 6.58. The highest BCUT2D eigenvalue weighted by Gasteiger charge is 2.16. The number of nitrogens with one attached hydrogen (secondary N) is 2. The molecule has 30 heavy (non-hydrogen) atoms. The number of hydrogen-bond donors (Lipinski definition) is 2. The molecule has 0 radical (unpaired) electrons. The number of aryl methyl sites for hydroxylation is 2. The van der Waals surface area contributed by atoms with Gasteiger partial charge in [-0.1, -0.05) is 36.4 Å². The van der Waals surface area contributed by atoms with Gasteiger partial charge in [-0.25, -0.2) is 0 Å². The van der Waals surface area contributed by atoms with Crippen LogP contribution in [0.5, 0.6) is 0 Å². The Balaban J connectivity index is 1.66. The molecule has 3 rings (SSSR count). The highest BCUT2D eigenvalue weighted by atomic mass is 16.2. The zero-order valence-electron chi connectivity index (χ0n) is 17.6. The van der Waals surface area contributed by atoms with Crippen molar-refractivity contribution >= 4 is 28.9 Å². The first-order valence-electron chi connectivity index (χ1n) is 10.1. The third-order valence-electron chi connectivity index (χ3n) is 4.86. The van der Waals surface area contributed by atoms with E-state index in [1.807, 2.05) is 81.4 Å². The van der Waals surface area contributed by atoms with E-state index in [0.717, 1.165) is 28.2 Å². The topological polar surface area (TPSA) is 61.4 Å². The number of para-hydroxylation sites is 1. The molecule has 0 heterocycles. The van der Waals surface area contributed by atoms with E-state index < -0.39 is 0 Å². The molecule has 0 fully saturated rings. The van der Waals surface area contributed by atoms with Gasteiger partial charge in [0.2, 0.25) is 5.91 Å². The molecule has 3 aromatic carbocycles. The lowest BCUT2D eigenvalue weighted by Gasteiger charge is -2.21. The van der Waals surface area contributed by atoms with Crippen LogP contribution in [0.25, 0.3) is 0 Å². The van der Waals surface area contributed by atoms with Crippen LogP contribution in [0, 0.1) is 13.8 Å². The van der Waals surface area contributed by atoms with Crippen molar-refractivity contribution in [2.45, 2.75) is 20.8 Å². The Bertz CT molecular complexity index is 1030. The predicted molar refractivity (Wildman–Crippen MR) is 123 cm³/mol. The average molecular weight is 402 g/mol. The zero-order chi connectivity index (χ0) is 21.5. The third kappa shape index (κ3) is 5.26. The molecule has 0 spiro atoms. The standard InChI is InChI=1S/C25H27N3O2/c1-4-28(22-11-6-5-7-12-22)25(30)20-9-8-10-21(16-20)26-17-24(29)27-23-15-18(2)13-14-19(23)3/h5-16,26H,4,17H2,1-3H3,(H,27,29). The maximum atomic E-state index is 13.0. The second-order valence-electron chi connectivity index (χ2n) is 7.19. The van der Waals surface area contributed by atoms with E-state index >= 15 is 0 Å². The van der Waals surface area contributed by atoms with E-state index in [1.54, 1.807) is 17.0 Å². The van der Waals surface area contributed by atoms with Crippen molar-refractivity contribution in [2.75, 3.05) is 28.6 Å². The van der Waals surface area contributed by atoms with Crippen LogP contribution in [0.4, 0.5) is 17.1 Å². The van der Waals surface area contributed by atoms with E-state index in [1.165, 1.54) is 0 Å². The summed E-state index contributed by atoms with van der Waals surface area (Å²) < 4.78 is 0. The van der Waals surface area contributed by atoms with Crippen LogP contribution < -0.4 is 15.5 Å². The summed E-state index contributed by atoms with van der Waals surface area (Å²) in [5, 5.41) is 6.04. The lowest BCUT2D eigenvalue weighted by Crippen LogP contribution is -2.30. The molecule has 3 aromatic rings. The number of carbonyl (C=O) groups is 2. The summed E-state index contributed by atoms with van der Waals surface area (Å²) in [6, 6.07) is 22.8. The van der Waals surface area contributed by atoms with E-state index in [2.05, 4.69) is 10.6 Å². The monoisotopic (exact) mass is 401 g/mol. The second kappa shape index (κ2) is 9.74. The molecule has 0 saturated heterocycles. The summed E-state index contributed by atoms with van der Waals surface area (Å²) in [4.78, 5) is 27.1. The smallest absolute Gasteiger partial charge is 0.258 e. The highest BCUT2D eigenvalue weighted by molar-refractivity contribution is 6.06. The lowest BCUT2D eigenvalue weighted by molar-refractivity contribution is -0.114. The number of nitrogens with zero attached hydrogens (tertiary/aromatic N) is 1. The molecular weight excluding hydrogens is 374 g/mol. The molecule has 2 N–H and O–H groups in total. The number of rotatable bonds is 7. The molecule has 0 unspecified atom stereocenters. The third-order valence-corrected chi connectivity index (χ3v) is 4.86.